The molecule has 4 heteroatoms. The van der Waals surface area contributed by atoms with Crippen LogP contribution in [0, 0.1) is 0 Å². The second-order valence-corrected chi connectivity index (χ2v) is 5.08. The molecule has 0 aliphatic heterocycles. The van der Waals surface area contributed by atoms with Crippen LogP contribution in [0.4, 0.5) is 0 Å². The molecule has 1 aromatic carbocycles. The first kappa shape index (κ1) is 13.6. The summed E-state index contributed by atoms with van der Waals surface area (Å²) < 4.78 is 0. The highest BCUT2D eigenvalue weighted by Gasteiger charge is 2.15. The Kier molecular flexibility index (Phi) is 4.55. The molecule has 2 N–H and O–H groups in total. The zero-order chi connectivity index (χ0) is 13.7. The number of rotatable bonds is 4. The fourth-order valence-electron chi connectivity index (χ4n) is 2.48. The molecule has 1 aromatic rings. The summed E-state index contributed by atoms with van der Waals surface area (Å²) in [4.78, 5) is 22.6. The quantitative estimate of drug-likeness (QED) is 0.874. The van der Waals surface area contributed by atoms with Crippen molar-refractivity contribution in [1.82, 2.24) is 5.32 Å². The van der Waals surface area contributed by atoms with E-state index < -0.39 is 5.97 Å². The second-order valence-electron chi connectivity index (χ2n) is 5.08. The molecule has 2 rings (SSSR count). The minimum absolute atomic E-state index is 0.0231. The van der Waals surface area contributed by atoms with Gasteiger partial charge in [-0.1, -0.05) is 31.4 Å². The largest absolute Gasteiger partial charge is 0.478 e. The molecule has 0 atom stereocenters. The third-order valence-corrected chi connectivity index (χ3v) is 3.54. The third kappa shape index (κ3) is 4.09. The topological polar surface area (TPSA) is 66.4 Å². The molecule has 0 heterocycles. The molecule has 0 radical (unpaired) electrons. The summed E-state index contributed by atoms with van der Waals surface area (Å²) in [6, 6.07) is 6.78. The highest BCUT2D eigenvalue weighted by Crippen LogP contribution is 2.17. The second kappa shape index (κ2) is 6.36. The summed E-state index contributed by atoms with van der Waals surface area (Å²) >= 11 is 0. The first-order valence-electron chi connectivity index (χ1n) is 6.77. The predicted octanol–water partition coefficient (Wildman–Crippen LogP) is 2.38. The number of hydrogen-bond acceptors (Lipinski definition) is 2. The summed E-state index contributed by atoms with van der Waals surface area (Å²) in [7, 11) is 0. The lowest BCUT2D eigenvalue weighted by atomic mass is 9.95. The highest BCUT2D eigenvalue weighted by atomic mass is 16.4. The van der Waals surface area contributed by atoms with Gasteiger partial charge < -0.3 is 10.4 Å². The molecular formula is C15H19NO3. The van der Waals surface area contributed by atoms with Crippen molar-refractivity contribution in [2.45, 2.75) is 44.6 Å². The van der Waals surface area contributed by atoms with E-state index >= 15 is 0 Å². The lowest BCUT2D eigenvalue weighted by molar-refractivity contribution is -0.121. The number of aromatic carboxylic acids is 1. The van der Waals surface area contributed by atoms with Gasteiger partial charge in [0.05, 0.1) is 12.0 Å². The highest BCUT2D eigenvalue weighted by molar-refractivity contribution is 5.87. The Morgan fingerprint density at radius 1 is 1.11 bits per heavy atom. The van der Waals surface area contributed by atoms with Gasteiger partial charge in [-0.2, -0.15) is 0 Å². The van der Waals surface area contributed by atoms with Crippen molar-refractivity contribution < 1.29 is 14.7 Å². The van der Waals surface area contributed by atoms with Crippen LogP contribution in [0.5, 0.6) is 0 Å². The number of benzene rings is 1. The molecule has 0 spiro atoms. The monoisotopic (exact) mass is 261 g/mol. The van der Waals surface area contributed by atoms with E-state index in [4.69, 9.17) is 5.11 Å². The van der Waals surface area contributed by atoms with Crippen molar-refractivity contribution in [3.8, 4) is 0 Å². The Balaban J connectivity index is 1.85. The van der Waals surface area contributed by atoms with E-state index in [-0.39, 0.29) is 11.5 Å². The number of amides is 1. The maximum Gasteiger partial charge on any atom is 0.335 e. The molecule has 1 amide bonds. The molecule has 1 fully saturated rings. The Bertz CT molecular complexity index is 447. The number of carboxylic acids is 1. The standard InChI is InChI=1S/C15H19NO3/c17-14(16-13-4-2-1-3-5-13)10-11-6-8-12(9-7-11)15(18)19/h6-9,13H,1-5,10H2,(H,16,17)(H,18,19). The van der Waals surface area contributed by atoms with Crippen molar-refractivity contribution in [1.29, 1.82) is 0 Å². The summed E-state index contributed by atoms with van der Waals surface area (Å²) in [6.07, 6.45) is 6.11. The van der Waals surface area contributed by atoms with Gasteiger partial charge in [0, 0.05) is 6.04 Å². The van der Waals surface area contributed by atoms with Crippen LogP contribution in [-0.2, 0) is 11.2 Å². The molecule has 0 aromatic heterocycles. The predicted molar refractivity (Wildman–Crippen MR) is 72.1 cm³/mol. The van der Waals surface area contributed by atoms with Gasteiger partial charge in [-0.25, -0.2) is 4.79 Å². The number of hydrogen-bond donors (Lipinski definition) is 2. The van der Waals surface area contributed by atoms with Gasteiger partial charge in [-0.15, -0.1) is 0 Å². The van der Waals surface area contributed by atoms with Gasteiger partial charge in [0.1, 0.15) is 0 Å². The van der Waals surface area contributed by atoms with Crippen LogP contribution in [0.1, 0.15) is 48.0 Å². The Morgan fingerprint density at radius 3 is 2.32 bits per heavy atom. The van der Waals surface area contributed by atoms with E-state index in [9.17, 15) is 9.59 Å². The average Bonchev–Trinajstić information content (AvgIpc) is 2.40. The van der Waals surface area contributed by atoms with Crippen LogP contribution < -0.4 is 5.32 Å². The van der Waals surface area contributed by atoms with E-state index in [1.807, 2.05) is 0 Å². The fraction of sp³-hybridized carbons (Fsp3) is 0.467. The van der Waals surface area contributed by atoms with E-state index in [0.29, 0.717) is 12.5 Å². The zero-order valence-corrected chi connectivity index (χ0v) is 10.9. The normalized spacial score (nSPS) is 16.0. The number of carboxylic acid groups (broad SMARTS) is 1. The molecule has 1 aliphatic rings. The molecule has 0 bridgehead atoms. The van der Waals surface area contributed by atoms with E-state index in [1.165, 1.54) is 31.4 Å². The van der Waals surface area contributed by atoms with Gasteiger partial charge in [0.15, 0.2) is 0 Å². The van der Waals surface area contributed by atoms with Gasteiger partial charge in [-0.05, 0) is 30.5 Å². The van der Waals surface area contributed by atoms with Crippen LogP contribution in [0.15, 0.2) is 24.3 Å². The maximum atomic E-state index is 11.9. The SMILES string of the molecule is O=C(Cc1ccc(C(=O)O)cc1)NC1CCCCC1. The van der Waals surface area contributed by atoms with E-state index in [1.54, 1.807) is 12.1 Å². The lowest BCUT2D eigenvalue weighted by Gasteiger charge is -2.22. The van der Waals surface area contributed by atoms with Crippen LogP contribution in [0.2, 0.25) is 0 Å². The molecule has 0 saturated heterocycles. The summed E-state index contributed by atoms with van der Waals surface area (Å²) in [5.41, 5.74) is 1.09. The van der Waals surface area contributed by atoms with Gasteiger partial charge in [0.25, 0.3) is 0 Å². The van der Waals surface area contributed by atoms with Crippen molar-refractivity contribution in [3.05, 3.63) is 35.4 Å². The summed E-state index contributed by atoms with van der Waals surface area (Å²) in [5, 5.41) is 11.8. The molecule has 1 aliphatic carbocycles. The van der Waals surface area contributed by atoms with Crippen molar-refractivity contribution in [3.63, 3.8) is 0 Å². The summed E-state index contributed by atoms with van der Waals surface area (Å²) in [6.45, 7) is 0. The smallest absolute Gasteiger partial charge is 0.335 e. The van der Waals surface area contributed by atoms with Crippen LogP contribution in [0.25, 0.3) is 0 Å². The van der Waals surface area contributed by atoms with Crippen molar-refractivity contribution >= 4 is 11.9 Å². The minimum Gasteiger partial charge on any atom is -0.478 e. The van der Waals surface area contributed by atoms with E-state index in [2.05, 4.69) is 5.32 Å². The van der Waals surface area contributed by atoms with Gasteiger partial charge in [0.2, 0.25) is 5.91 Å². The van der Waals surface area contributed by atoms with Crippen LogP contribution in [-0.4, -0.2) is 23.0 Å². The summed E-state index contributed by atoms with van der Waals surface area (Å²) in [5.74, 6) is -0.923. The van der Waals surface area contributed by atoms with Gasteiger partial charge >= 0.3 is 5.97 Å². The zero-order valence-electron chi connectivity index (χ0n) is 10.9. The molecule has 1 saturated carbocycles. The Labute approximate surface area is 112 Å². The average molecular weight is 261 g/mol. The van der Waals surface area contributed by atoms with Crippen molar-refractivity contribution in [2.75, 3.05) is 0 Å². The number of carbonyl (C=O) groups is 2. The number of nitrogens with one attached hydrogen (secondary N) is 1. The number of carbonyl (C=O) groups excluding carboxylic acids is 1. The molecule has 0 unspecified atom stereocenters. The first-order valence-corrected chi connectivity index (χ1v) is 6.77. The van der Waals surface area contributed by atoms with Gasteiger partial charge in [-0.3, -0.25) is 4.79 Å². The molecule has 4 nitrogen and oxygen atoms in total. The Hall–Kier alpha value is -1.84. The van der Waals surface area contributed by atoms with Crippen LogP contribution in [0.3, 0.4) is 0 Å². The molecule has 102 valence electrons. The lowest BCUT2D eigenvalue weighted by Crippen LogP contribution is -2.37. The Morgan fingerprint density at radius 2 is 1.74 bits per heavy atom. The van der Waals surface area contributed by atoms with Crippen molar-refractivity contribution in [2.24, 2.45) is 0 Å². The molecular weight excluding hydrogens is 242 g/mol. The minimum atomic E-state index is -0.946. The third-order valence-electron chi connectivity index (χ3n) is 3.54. The van der Waals surface area contributed by atoms with E-state index in [0.717, 1.165) is 18.4 Å². The molecule has 19 heavy (non-hydrogen) atoms. The fourth-order valence-corrected chi connectivity index (χ4v) is 2.48. The maximum absolute atomic E-state index is 11.9. The first-order chi connectivity index (χ1) is 9.15. The van der Waals surface area contributed by atoms with Crippen LogP contribution >= 0.6 is 0 Å².